The van der Waals surface area contributed by atoms with Gasteiger partial charge in [-0.15, -0.1) is 0 Å². The minimum atomic E-state index is -0.324. The van der Waals surface area contributed by atoms with E-state index in [-0.39, 0.29) is 5.63 Å². The van der Waals surface area contributed by atoms with E-state index in [4.69, 9.17) is 8.83 Å². The molecule has 0 spiro atoms. The predicted molar refractivity (Wildman–Crippen MR) is 38.6 cm³/mol. The smallest absolute Gasteiger partial charge is 0.343 e. The van der Waals surface area contributed by atoms with Crippen molar-refractivity contribution < 1.29 is 8.83 Å². The van der Waals surface area contributed by atoms with Crippen molar-refractivity contribution in [2.24, 2.45) is 0 Å². The summed E-state index contributed by atoms with van der Waals surface area (Å²) in [4.78, 5) is 10.9. The van der Waals surface area contributed by atoms with E-state index < -0.39 is 0 Å². The Labute approximate surface area is 62.6 Å². The first kappa shape index (κ1) is 6.22. The lowest BCUT2D eigenvalue weighted by Crippen LogP contribution is -1.93. The summed E-state index contributed by atoms with van der Waals surface area (Å²) in [7, 11) is 0. The topological polar surface area (TPSA) is 43.4 Å². The average molecular weight is 150 g/mol. The van der Waals surface area contributed by atoms with E-state index in [0.717, 1.165) is 0 Å². The zero-order chi connectivity index (χ0) is 7.84. The van der Waals surface area contributed by atoms with Crippen molar-refractivity contribution in [1.29, 1.82) is 0 Å². The van der Waals surface area contributed by atoms with Gasteiger partial charge in [0.05, 0.1) is 11.8 Å². The Morgan fingerprint density at radius 3 is 3.00 bits per heavy atom. The van der Waals surface area contributed by atoms with Gasteiger partial charge in [0, 0.05) is 0 Å². The Balaban J connectivity index is 2.91. The van der Waals surface area contributed by atoms with Crippen LogP contribution in [0.3, 0.4) is 0 Å². The van der Waals surface area contributed by atoms with Gasteiger partial charge in [0.15, 0.2) is 11.5 Å². The van der Waals surface area contributed by atoms with E-state index in [0.29, 0.717) is 17.1 Å². The van der Waals surface area contributed by atoms with Crippen molar-refractivity contribution in [1.82, 2.24) is 0 Å². The fourth-order valence-corrected chi connectivity index (χ4v) is 0.990. The van der Waals surface area contributed by atoms with Gasteiger partial charge in [-0.05, 0) is 19.1 Å². The third kappa shape index (κ3) is 0.774. The summed E-state index contributed by atoms with van der Waals surface area (Å²) in [6.45, 7) is 1.68. The van der Waals surface area contributed by atoms with Crippen LogP contribution in [-0.4, -0.2) is 0 Å². The highest BCUT2D eigenvalue weighted by Crippen LogP contribution is 2.22. The number of furan rings is 1. The maximum atomic E-state index is 10.9. The number of hydrogen-bond acceptors (Lipinski definition) is 3. The summed E-state index contributed by atoms with van der Waals surface area (Å²) in [5, 5.41) is 0. The molecule has 0 aromatic heterocycles. The third-order valence-corrected chi connectivity index (χ3v) is 1.59. The Bertz CT molecular complexity index is 396. The normalized spacial score (nSPS) is 10.6. The lowest BCUT2D eigenvalue weighted by Gasteiger charge is -1.91. The number of rotatable bonds is 0. The molecule has 0 radical (unpaired) electrons. The van der Waals surface area contributed by atoms with Crippen LogP contribution in [-0.2, 0) is 0 Å². The quantitative estimate of drug-likeness (QED) is 0.573. The molecular formula is C8H6O3. The summed E-state index contributed by atoms with van der Waals surface area (Å²) in [6, 6.07) is 3.39. The minimum absolute atomic E-state index is 0.324. The highest BCUT2D eigenvalue weighted by Gasteiger charge is 2.14. The SMILES string of the molecule is Cc1c2occcc-2oc1=O. The zero-order valence-electron chi connectivity index (χ0n) is 5.96. The molecule has 0 amide bonds. The fraction of sp³-hybridized carbons (Fsp3) is 0.125. The molecule has 0 fully saturated rings. The lowest BCUT2D eigenvalue weighted by atomic mass is 10.2. The number of fused-ring (bicyclic) bond motifs is 1. The van der Waals surface area contributed by atoms with E-state index in [2.05, 4.69) is 0 Å². The highest BCUT2D eigenvalue weighted by molar-refractivity contribution is 5.54. The summed E-state index contributed by atoms with van der Waals surface area (Å²) < 4.78 is 9.92. The fourth-order valence-electron chi connectivity index (χ4n) is 0.990. The first-order valence-corrected chi connectivity index (χ1v) is 3.26. The van der Waals surface area contributed by atoms with Crippen LogP contribution in [0.15, 0.2) is 32.0 Å². The molecule has 2 aliphatic rings. The molecule has 2 rings (SSSR count). The molecule has 0 aromatic rings. The molecule has 0 N–H and O–H groups in total. The van der Waals surface area contributed by atoms with E-state index in [1.54, 1.807) is 19.1 Å². The van der Waals surface area contributed by atoms with Crippen molar-refractivity contribution in [3.05, 3.63) is 34.4 Å². The van der Waals surface area contributed by atoms with Crippen LogP contribution in [0, 0.1) is 6.92 Å². The van der Waals surface area contributed by atoms with Crippen LogP contribution in [0.1, 0.15) is 5.56 Å². The molecule has 0 atom stereocenters. The van der Waals surface area contributed by atoms with Crippen molar-refractivity contribution in [3.63, 3.8) is 0 Å². The molecule has 11 heavy (non-hydrogen) atoms. The first-order chi connectivity index (χ1) is 5.29. The van der Waals surface area contributed by atoms with Crippen LogP contribution in [0.2, 0.25) is 0 Å². The van der Waals surface area contributed by atoms with Crippen molar-refractivity contribution in [3.8, 4) is 11.5 Å². The Morgan fingerprint density at radius 2 is 2.27 bits per heavy atom. The predicted octanol–water partition coefficient (Wildman–Crippen LogP) is 1.65. The van der Waals surface area contributed by atoms with Gasteiger partial charge >= 0.3 is 5.63 Å². The van der Waals surface area contributed by atoms with Crippen LogP contribution in [0.4, 0.5) is 0 Å². The van der Waals surface area contributed by atoms with Crippen LogP contribution < -0.4 is 5.63 Å². The summed E-state index contributed by atoms with van der Waals surface area (Å²) in [5.74, 6) is 1.05. The molecule has 0 aliphatic carbocycles. The number of hydrogen-bond donors (Lipinski definition) is 0. The van der Waals surface area contributed by atoms with Crippen LogP contribution in [0.5, 0.6) is 0 Å². The lowest BCUT2D eigenvalue weighted by molar-refractivity contribution is 0.509. The zero-order valence-corrected chi connectivity index (χ0v) is 5.96. The molecule has 2 heterocycles. The molecule has 56 valence electrons. The van der Waals surface area contributed by atoms with E-state index >= 15 is 0 Å². The average Bonchev–Trinajstić information content (AvgIpc) is 2.30. The second-order valence-electron chi connectivity index (χ2n) is 2.32. The van der Waals surface area contributed by atoms with Gasteiger partial charge in [0.25, 0.3) is 0 Å². The largest absolute Gasteiger partial charge is 0.461 e. The monoisotopic (exact) mass is 150 g/mol. The summed E-state index contributed by atoms with van der Waals surface area (Å²) >= 11 is 0. The molecule has 0 aromatic carbocycles. The summed E-state index contributed by atoms with van der Waals surface area (Å²) in [6.07, 6.45) is 1.52. The van der Waals surface area contributed by atoms with E-state index in [1.165, 1.54) is 6.26 Å². The van der Waals surface area contributed by atoms with Gasteiger partial charge in [-0.25, -0.2) is 4.79 Å². The Hall–Kier alpha value is -1.51. The van der Waals surface area contributed by atoms with Gasteiger partial charge in [-0.1, -0.05) is 0 Å². The van der Waals surface area contributed by atoms with Crippen molar-refractivity contribution >= 4 is 0 Å². The van der Waals surface area contributed by atoms with Gasteiger partial charge < -0.3 is 8.83 Å². The molecule has 0 bridgehead atoms. The second-order valence-corrected chi connectivity index (χ2v) is 2.32. The van der Waals surface area contributed by atoms with Gasteiger partial charge in [0.1, 0.15) is 0 Å². The first-order valence-electron chi connectivity index (χ1n) is 3.26. The summed E-state index contributed by atoms with van der Waals surface area (Å²) in [5.41, 5.74) is 0.204. The minimum Gasteiger partial charge on any atom is -0.461 e. The standard InChI is InChI=1S/C8H6O3/c1-5-7-6(11-8(5)9)3-2-4-10-7/h2-4H,1H3. The molecule has 0 saturated heterocycles. The molecule has 3 nitrogen and oxygen atoms in total. The van der Waals surface area contributed by atoms with Gasteiger partial charge in [-0.3, -0.25) is 0 Å². The van der Waals surface area contributed by atoms with Gasteiger partial charge in [-0.2, -0.15) is 0 Å². The Kier molecular flexibility index (Phi) is 1.12. The molecular weight excluding hydrogens is 144 g/mol. The van der Waals surface area contributed by atoms with Crippen LogP contribution >= 0.6 is 0 Å². The maximum absolute atomic E-state index is 10.9. The van der Waals surface area contributed by atoms with Crippen molar-refractivity contribution in [2.75, 3.05) is 0 Å². The third-order valence-electron chi connectivity index (χ3n) is 1.59. The van der Waals surface area contributed by atoms with Crippen LogP contribution in [0.25, 0.3) is 11.5 Å². The molecule has 0 unspecified atom stereocenters. The molecule has 0 saturated carbocycles. The molecule has 2 aliphatic heterocycles. The Morgan fingerprint density at radius 1 is 1.45 bits per heavy atom. The van der Waals surface area contributed by atoms with Crippen molar-refractivity contribution in [2.45, 2.75) is 6.92 Å². The highest BCUT2D eigenvalue weighted by atomic mass is 16.4. The van der Waals surface area contributed by atoms with E-state index in [1.807, 2.05) is 0 Å². The molecule has 3 heteroatoms. The van der Waals surface area contributed by atoms with Gasteiger partial charge in [0.2, 0.25) is 0 Å². The van der Waals surface area contributed by atoms with E-state index in [9.17, 15) is 4.79 Å². The second kappa shape index (κ2) is 1.99. The maximum Gasteiger partial charge on any atom is 0.343 e.